The largest absolute Gasteiger partial charge is 0.310 e. The molecule has 12 rings (SSSR count). The normalized spacial score (nSPS) is 13.0. The van der Waals surface area contributed by atoms with Crippen molar-refractivity contribution in [3.8, 4) is 33.6 Å². The van der Waals surface area contributed by atoms with Gasteiger partial charge < -0.3 is 14.0 Å². The zero-order chi connectivity index (χ0) is 41.7. The first-order valence-corrected chi connectivity index (χ1v) is 21.7. The Kier molecular flexibility index (Phi) is 8.01. The van der Waals surface area contributed by atoms with Gasteiger partial charge in [0.25, 0.3) is 0 Å². The Labute approximate surface area is 362 Å². The Balaban J connectivity index is 0.920. The van der Waals surface area contributed by atoms with E-state index in [1.807, 2.05) is 0 Å². The van der Waals surface area contributed by atoms with Crippen molar-refractivity contribution < 1.29 is 0 Å². The molecule has 0 saturated carbocycles. The Morgan fingerprint density at radius 1 is 0.339 bits per heavy atom. The van der Waals surface area contributed by atoms with Gasteiger partial charge in [-0.3, -0.25) is 0 Å². The summed E-state index contributed by atoms with van der Waals surface area (Å²) >= 11 is 0. The first kappa shape index (κ1) is 36.2. The monoisotopic (exact) mass is 795 g/mol. The molecule has 0 radical (unpaired) electrons. The van der Waals surface area contributed by atoms with Gasteiger partial charge in [-0.2, -0.15) is 0 Å². The number of hydrogen-bond donors (Lipinski definition) is 0. The number of rotatable bonds is 6. The molecular formula is C59H45N3. The maximum Gasteiger partial charge on any atom is 0.0541 e. The van der Waals surface area contributed by atoms with E-state index in [-0.39, 0.29) is 5.41 Å². The van der Waals surface area contributed by atoms with Crippen molar-refractivity contribution in [3.05, 3.63) is 222 Å². The molecule has 0 spiro atoms. The zero-order valence-corrected chi connectivity index (χ0v) is 35.4. The van der Waals surface area contributed by atoms with E-state index in [0.29, 0.717) is 0 Å². The minimum Gasteiger partial charge on any atom is -0.310 e. The lowest BCUT2D eigenvalue weighted by atomic mass is 9.82. The van der Waals surface area contributed by atoms with E-state index >= 15 is 0 Å². The molecule has 0 amide bonds. The highest BCUT2D eigenvalue weighted by Gasteiger charge is 2.36. The molecule has 0 bridgehead atoms. The SMILES string of the molecule is Cc1cc(N(c2ccccc2)c2ccc3c(c2)C(C)(C)c2cc(-n4c5ccccc5c5ccccc54)ccc2-3)ccc1-c1ccc(-n2c3ccccc3c3ccccc32)cc1C. The molecule has 2 heterocycles. The first-order chi connectivity index (χ1) is 30.3. The number of aryl methyl sites for hydroxylation is 2. The number of fused-ring (bicyclic) bond motifs is 9. The van der Waals surface area contributed by atoms with Gasteiger partial charge in [0.05, 0.1) is 22.1 Å². The van der Waals surface area contributed by atoms with E-state index in [0.717, 1.165) is 17.1 Å². The Morgan fingerprint density at radius 2 is 0.726 bits per heavy atom. The average Bonchev–Trinajstić information content (AvgIpc) is 3.90. The van der Waals surface area contributed by atoms with Crippen LogP contribution in [-0.2, 0) is 5.41 Å². The van der Waals surface area contributed by atoms with Crippen LogP contribution in [0.4, 0.5) is 17.1 Å². The summed E-state index contributed by atoms with van der Waals surface area (Å²) in [5.74, 6) is 0. The van der Waals surface area contributed by atoms with Crippen molar-refractivity contribution >= 4 is 60.7 Å². The first-order valence-electron chi connectivity index (χ1n) is 21.7. The Hall–Kier alpha value is -7.62. The fourth-order valence-corrected chi connectivity index (χ4v) is 10.6. The number of para-hydroxylation sites is 5. The number of anilines is 3. The van der Waals surface area contributed by atoms with Crippen molar-refractivity contribution in [3.63, 3.8) is 0 Å². The summed E-state index contributed by atoms with van der Waals surface area (Å²) in [5, 5.41) is 5.12. The minimum absolute atomic E-state index is 0.208. The summed E-state index contributed by atoms with van der Waals surface area (Å²) in [6.07, 6.45) is 0. The molecule has 296 valence electrons. The summed E-state index contributed by atoms with van der Waals surface area (Å²) in [4.78, 5) is 2.41. The average molecular weight is 796 g/mol. The van der Waals surface area contributed by atoms with Crippen LogP contribution >= 0.6 is 0 Å². The number of nitrogens with zero attached hydrogens (tertiary/aromatic N) is 3. The van der Waals surface area contributed by atoms with Gasteiger partial charge in [-0.25, -0.2) is 0 Å². The van der Waals surface area contributed by atoms with E-state index in [9.17, 15) is 0 Å². The van der Waals surface area contributed by atoms with Crippen molar-refractivity contribution in [1.82, 2.24) is 9.13 Å². The van der Waals surface area contributed by atoms with Crippen molar-refractivity contribution in [2.45, 2.75) is 33.1 Å². The lowest BCUT2D eigenvalue weighted by Gasteiger charge is -2.29. The molecule has 2 aromatic heterocycles. The van der Waals surface area contributed by atoms with Gasteiger partial charge >= 0.3 is 0 Å². The second-order valence-electron chi connectivity index (χ2n) is 17.5. The van der Waals surface area contributed by atoms with Crippen LogP contribution in [0.1, 0.15) is 36.1 Å². The maximum atomic E-state index is 2.43. The predicted molar refractivity (Wildman–Crippen MR) is 262 cm³/mol. The van der Waals surface area contributed by atoms with Crippen LogP contribution < -0.4 is 4.90 Å². The minimum atomic E-state index is -0.208. The molecular weight excluding hydrogens is 751 g/mol. The molecule has 11 aromatic rings. The summed E-state index contributed by atoms with van der Waals surface area (Å²) in [7, 11) is 0. The van der Waals surface area contributed by atoms with Crippen LogP contribution in [0.25, 0.3) is 77.2 Å². The van der Waals surface area contributed by atoms with Crippen LogP contribution in [0, 0.1) is 13.8 Å². The third-order valence-corrected chi connectivity index (χ3v) is 13.6. The summed E-state index contributed by atoms with van der Waals surface area (Å²) < 4.78 is 4.83. The molecule has 1 aliphatic carbocycles. The number of hydrogen-bond acceptors (Lipinski definition) is 1. The van der Waals surface area contributed by atoms with E-state index in [2.05, 4.69) is 242 Å². The molecule has 3 nitrogen and oxygen atoms in total. The molecule has 0 unspecified atom stereocenters. The molecule has 9 aromatic carbocycles. The van der Waals surface area contributed by atoms with Crippen LogP contribution in [0.15, 0.2) is 200 Å². The standard InChI is InChI=1S/C59H45N3/c1-38-34-41(26-30-45(38)46-31-27-42(35-39(46)2)61-55-22-12-8-18-49(55)50-19-9-13-23-56(50)61)60(40-16-6-5-7-17-40)43-28-32-47-48-33-29-44(37-54(48)59(3,4)53(47)36-43)62-57-24-14-10-20-51(57)52-21-11-15-25-58(52)62/h5-37H,1-4H3. The fourth-order valence-electron chi connectivity index (χ4n) is 10.6. The van der Waals surface area contributed by atoms with Gasteiger partial charge in [0.1, 0.15) is 0 Å². The van der Waals surface area contributed by atoms with Gasteiger partial charge in [-0.15, -0.1) is 0 Å². The summed E-state index contributed by atoms with van der Waals surface area (Å²) in [5.41, 5.74) is 20.8. The lowest BCUT2D eigenvalue weighted by Crippen LogP contribution is -2.17. The number of benzene rings is 9. The summed E-state index contributed by atoms with van der Waals surface area (Å²) in [6, 6.07) is 73.8. The van der Waals surface area contributed by atoms with Gasteiger partial charge in [0.15, 0.2) is 0 Å². The Bertz CT molecular complexity index is 3480. The zero-order valence-electron chi connectivity index (χ0n) is 35.4. The van der Waals surface area contributed by atoms with Crippen molar-refractivity contribution in [2.75, 3.05) is 4.90 Å². The van der Waals surface area contributed by atoms with E-state index in [1.165, 1.54) is 99.5 Å². The van der Waals surface area contributed by atoms with Crippen LogP contribution in [0.5, 0.6) is 0 Å². The van der Waals surface area contributed by atoms with Crippen LogP contribution in [0.2, 0.25) is 0 Å². The van der Waals surface area contributed by atoms with E-state index in [4.69, 9.17) is 0 Å². The van der Waals surface area contributed by atoms with E-state index < -0.39 is 0 Å². The second-order valence-corrected chi connectivity index (χ2v) is 17.5. The molecule has 1 aliphatic rings. The van der Waals surface area contributed by atoms with Crippen LogP contribution in [0.3, 0.4) is 0 Å². The summed E-state index contributed by atoms with van der Waals surface area (Å²) in [6.45, 7) is 9.27. The van der Waals surface area contributed by atoms with Gasteiger partial charge in [-0.05, 0) is 143 Å². The molecule has 3 heteroatoms. The smallest absolute Gasteiger partial charge is 0.0541 e. The molecule has 0 saturated heterocycles. The topological polar surface area (TPSA) is 13.1 Å². The van der Waals surface area contributed by atoms with Crippen LogP contribution in [-0.4, -0.2) is 9.13 Å². The highest BCUT2D eigenvalue weighted by Crippen LogP contribution is 2.52. The second kappa shape index (κ2) is 13.7. The molecule has 0 fully saturated rings. The quantitative estimate of drug-likeness (QED) is 0.163. The molecule has 0 N–H and O–H groups in total. The predicted octanol–water partition coefficient (Wildman–Crippen LogP) is 15.9. The van der Waals surface area contributed by atoms with Gasteiger partial charge in [-0.1, -0.05) is 129 Å². The molecule has 0 aliphatic heterocycles. The highest BCUT2D eigenvalue weighted by atomic mass is 15.1. The maximum absolute atomic E-state index is 2.43. The highest BCUT2D eigenvalue weighted by molar-refractivity contribution is 6.10. The molecule has 62 heavy (non-hydrogen) atoms. The lowest BCUT2D eigenvalue weighted by molar-refractivity contribution is 0.660. The Morgan fingerprint density at radius 3 is 1.23 bits per heavy atom. The molecule has 0 atom stereocenters. The third-order valence-electron chi connectivity index (χ3n) is 13.6. The van der Waals surface area contributed by atoms with Crippen molar-refractivity contribution in [1.29, 1.82) is 0 Å². The number of aromatic nitrogens is 2. The fraction of sp³-hybridized carbons (Fsp3) is 0.0847. The van der Waals surface area contributed by atoms with E-state index in [1.54, 1.807) is 0 Å². The van der Waals surface area contributed by atoms with Gasteiger partial charge in [0.2, 0.25) is 0 Å². The van der Waals surface area contributed by atoms with Gasteiger partial charge in [0, 0.05) is 55.4 Å². The van der Waals surface area contributed by atoms with Crippen molar-refractivity contribution in [2.24, 2.45) is 0 Å². The third kappa shape index (κ3) is 5.38.